The number of ether oxygens (including phenoxy) is 1. The number of carbonyl (C=O) groups is 2. The van der Waals surface area contributed by atoms with Crippen LogP contribution in [0.5, 0.6) is 0 Å². The SMILES string of the molecule is COC(=O)C1CCN(C(=O)C(C)(C)C2CCCNC2)CC1. The molecule has 0 saturated carbocycles. The molecule has 2 rings (SSSR count). The predicted octanol–water partition coefficient (Wildman–Crippen LogP) is 1.42. The topological polar surface area (TPSA) is 58.6 Å². The van der Waals surface area contributed by atoms with E-state index >= 15 is 0 Å². The molecule has 1 atom stereocenters. The van der Waals surface area contributed by atoms with Crippen molar-refractivity contribution in [2.24, 2.45) is 17.3 Å². The fourth-order valence-electron chi connectivity index (χ4n) is 3.53. The van der Waals surface area contributed by atoms with E-state index in [1.54, 1.807) is 0 Å². The number of hydrogen-bond acceptors (Lipinski definition) is 4. The molecule has 0 bridgehead atoms. The molecule has 1 N–H and O–H groups in total. The molecule has 0 aliphatic carbocycles. The number of hydrogen-bond donors (Lipinski definition) is 1. The molecule has 120 valence electrons. The van der Waals surface area contributed by atoms with Gasteiger partial charge in [0, 0.05) is 18.5 Å². The minimum absolute atomic E-state index is 0.0430. The van der Waals surface area contributed by atoms with E-state index in [-0.39, 0.29) is 23.2 Å². The smallest absolute Gasteiger partial charge is 0.308 e. The summed E-state index contributed by atoms with van der Waals surface area (Å²) >= 11 is 0. The summed E-state index contributed by atoms with van der Waals surface area (Å²) in [5.41, 5.74) is -0.328. The van der Waals surface area contributed by atoms with E-state index in [0.29, 0.717) is 19.0 Å². The van der Waals surface area contributed by atoms with Crippen LogP contribution in [0.3, 0.4) is 0 Å². The largest absolute Gasteiger partial charge is 0.469 e. The van der Waals surface area contributed by atoms with Crippen LogP contribution >= 0.6 is 0 Å². The van der Waals surface area contributed by atoms with Crippen LogP contribution in [0.2, 0.25) is 0 Å². The van der Waals surface area contributed by atoms with Gasteiger partial charge in [0.2, 0.25) is 5.91 Å². The van der Waals surface area contributed by atoms with Crippen LogP contribution in [0.15, 0.2) is 0 Å². The second-order valence-corrected chi connectivity index (χ2v) is 6.85. The summed E-state index contributed by atoms with van der Waals surface area (Å²) in [5.74, 6) is 0.452. The summed E-state index contributed by atoms with van der Waals surface area (Å²) < 4.78 is 4.80. The van der Waals surface area contributed by atoms with Gasteiger partial charge >= 0.3 is 5.97 Å². The second kappa shape index (κ2) is 6.77. The van der Waals surface area contributed by atoms with E-state index in [1.165, 1.54) is 7.11 Å². The summed E-state index contributed by atoms with van der Waals surface area (Å²) in [7, 11) is 1.43. The molecule has 2 heterocycles. The van der Waals surface area contributed by atoms with E-state index in [4.69, 9.17) is 4.74 Å². The molecule has 2 fully saturated rings. The lowest BCUT2D eigenvalue weighted by molar-refractivity contribution is -0.152. The van der Waals surface area contributed by atoms with Crippen molar-refractivity contribution in [3.05, 3.63) is 0 Å². The van der Waals surface area contributed by atoms with Crippen molar-refractivity contribution >= 4 is 11.9 Å². The Balaban J connectivity index is 1.92. The Hall–Kier alpha value is -1.10. The van der Waals surface area contributed by atoms with Crippen molar-refractivity contribution in [2.45, 2.75) is 39.5 Å². The maximum absolute atomic E-state index is 12.8. The number of amides is 1. The Labute approximate surface area is 127 Å². The summed E-state index contributed by atoms with van der Waals surface area (Å²) in [5, 5.41) is 3.40. The van der Waals surface area contributed by atoms with Gasteiger partial charge in [-0.25, -0.2) is 0 Å². The molecule has 1 amide bonds. The number of likely N-dealkylation sites (tertiary alicyclic amines) is 1. The van der Waals surface area contributed by atoms with Crippen molar-refractivity contribution < 1.29 is 14.3 Å². The van der Waals surface area contributed by atoms with E-state index in [9.17, 15) is 9.59 Å². The van der Waals surface area contributed by atoms with E-state index < -0.39 is 0 Å². The monoisotopic (exact) mass is 296 g/mol. The molecular formula is C16H28N2O3. The fourth-order valence-corrected chi connectivity index (χ4v) is 3.53. The zero-order valence-corrected chi connectivity index (χ0v) is 13.5. The van der Waals surface area contributed by atoms with Crippen LogP contribution in [0.4, 0.5) is 0 Å². The number of rotatable bonds is 3. The molecule has 0 aromatic rings. The van der Waals surface area contributed by atoms with Crippen LogP contribution in [-0.4, -0.2) is 50.1 Å². The van der Waals surface area contributed by atoms with Crippen LogP contribution in [-0.2, 0) is 14.3 Å². The molecular weight excluding hydrogens is 268 g/mol. The summed E-state index contributed by atoms with van der Waals surface area (Å²) in [6, 6.07) is 0. The zero-order chi connectivity index (χ0) is 15.5. The van der Waals surface area contributed by atoms with Crippen LogP contribution < -0.4 is 5.32 Å². The van der Waals surface area contributed by atoms with Gasteiger partial charge in [-0.05, 0) is 44.7 Å². The van der Waals surface area contributed by atoms with Crippen molar-refractivity contribution in [3.63, 3.8) is 0 Å². The predicted molar refractivity (Wildman–Crippen MR) is 80.7 cm³/mol. The Morgan fingerprint density at radius 3 is 2.38 bits per heavy atom. The lowest BCUT2D eigenvalue weighted by Crippen LogP contribution is -2.51. The Morgan fingerprint density at radius 1 is 1.19 bits per heavy atom. The molecule has 2 aliphatic rings. The molecule has 21 heavy (non-hydrogen) atoms. The molecule has 0 aromatic heterocycles. The molecule has 0 aromatic carbocycles. The zero-order valence-electron chi connectivity index (χ0n) is 13.5. The average molecular weight is 296 g/mol. The Bertz CT molecular complexity index is 381. The molecule has 2 aliphatic heterocycles. The van der Waals surface area contributed by atoms with E-state index in [0.717, 1.165) is 38.8 Å². The third-order valence-electron chi connectivity index (χ3n) is 5.19. The Morgan fingerprint density at radius 2 is 1.86 bits per heavy atom. The van der Waals surface area contributed by atoms with Crippen LogP contribution in [0.1, 0.15) is 39.5 Å². The van der Waals surface area contributed by atoms with Gasteiger partial charge in [0.1, 0.15) is 0 Å². The molecule has 5 nitrogen and oxygen atoms in total. The van der Waals surface area contributed by atoms with Gasteiger partial charge in [-0.3, -0.25) is 9.59 Å². The summed E-state index contributed by atoms with van der Waals surface area (Å²) in [6.45, 7) is 7.46. The van der Waals surface area contributed by atoms with Gasteiger partial charge in [-0.1, -0.05) is 13.8 Å². The highest BCUT2D eigenvalue weighted by Gasteiger charge is 2.41. The number of carbonyl (C=O) groups excluding carboxylic acids is 2. The lowest BCUT2D eigenvalue weighted by atomic mass is 9.73. The number of nitrogens with one attached hydrogen (secondary N) is 1. The maximum Gasteiger partial charge on any atom is 0.308 e. The number of piperidine rings is 2. The van der Waals surface area contributed by atoms with Crippen molar-refractivity contribution in [2.75, 3.05) is 33.3 Å². The minimum Gasteiger partial charge on any atom is -0.469 e. The molecule has 2 saturated heterocycles. The number of nitrogens with zero attached hydrogens (tertiary/aromatic N) is 1. The number of methoxy groups -OCH3 is 1. The van der Waals surface area contributed by atoms with E-state index in [1.807, 2.05) is 4.90 Å². The quantitative estimate of drug-likeness (QED) is 0.800. The molecule has 0 radical (unpaired) electrons. The molecule has 1 unspecified atom stereocenters. The van der Waals surface area contributed by atoms with Gasteiger partial charge in [0.15, 0.2) is 0 Å². The molecule has 0 spiro atoms. The Kier molecular flexibility index (Phi) is 5.25. The first-order valence-electron chi connectivity index (χ1n) is 8.04. The van der Waals surface area contributed by atoms with Crippen LogP contribution in [0.25, 0.3) is 0 Å². The standard InChI is InChI=1S/C16H28N2O3/c1-16(2,13-5-4-8-17-11-13)15(20)18-9-6-12(7-10-18)14(19)21-3/h12-13,17H,4-11H2,1-3H3. The number of esters is 1. The van der Waals surface area contributed by atoms with Gasteiger partial charge in [-0.15, -0.1) is 0 Å². The van der Waals surface area contributed by atoms with Gasteiger partial charge < -0.3 is 15.0 Å². The third-order valence-corrected chi connectivity index (χ3v) is 5.19. The molecule has 5 heteroatoms. The first kappa shape index (κ1) is 16.3. The second-order valence-electron chi connectivity index (χ2n) is 6.85. The van der Waals surface area contributed by atoms with Gasteiger partial charge in [0.05, 0.1) is 13.0 Å². The van der Waals surface area contributed by atoms with Gasteiger partial charge in [-0.2, -0.15) is 0 Å². The van der Waals surface area contributed by atoms with Crippen molar-refractivity contribution in [3.8, 4) is 0 Å². The lowest BCUT2D eigenvalue weighted by Gasteiger charge is -2.41. The highest BCUT2D eigenvalue weighted by atomic mass is 16.5. The summed E-state index contributed by atoms with van der Waals surface area (Å²) in [6.07, 6.45) is 3.70. The average Bonchev–Trinajstić information content (AvgIpc) is 2.54. The van der Waals surface area contributed by atoms with Gasteiger partial charge in [0.25, 0.3) is 0 Å². The first-order chi connectivity index (χ1) is 9.96. The highest BCUT2D eigenvalue weighted by Crippen LogP contribution is 2.35. The van der Waals surface area contributed by atoms with E-state index in [2.05, 4.69) is 19.2 Å². The summed E-state index contributed by atoms with van der Waals surface area (Å²) in [4.78, 5) is 26.3. The fraction of sp³-hybridized carbons (Fsp3) is 0.875. The van der Waals surface area contributed by atoms with Crippen molar-refractivity contribution in [1.82, 2.24) is 10.2 Å². The first-order valence-corrected chi connectivity index (χ1v) is 8.04. The van der Waals surface area contributed by atoms with Crippen molar-refractivity contribution in [1.29, 1.82) is 0 Å². The van der Waals surface area contributed by atoms with Crippen LogP contribution in [0, 0.1) is 17.3 Å². The minimum atomic E-state index is -0.328. The normalized spacial score (nSPS) is 24.7. The maximum atomic E-state index is 12.8. The third kappa shape index (κ3) is 3.57. The highest BCUT2D eigenvalue weighted by molar-refractivity contribution is 5.83.